The summed E-state index contributed by atoms with van der Waals surface area (Å²) in [6.45, 7) is 6.91. The van der Waals surface area contributed by atoms with Gasteiger partial charge in [0.25, 0.3) is 0 Å². The van der Waals surface area contributed by atoms with Crippen molar-refractivity contribution in [2.24, 2.45) is 0 Å². The van der Waals surface area contributed by atoms with Crippen molar-refractivity contribution in [1.29, 1.82) is 0 Å². The molecule has 0 bridgehead atoms. The Hall–Kier alpha value is -3.44. The molecule has 176 valence electrons. The smallest absolute Gasteiger partial charge is 0.244 e. The van der Waals surface area contributed by atoms with Crippen molar-refractivity contribution in [2.75, 3.05) is 36.9 Å². The van der Waals surface area contributed by atoms with Crippen molar-refractivity contribution in [3.05, 3.63) is 54.2 Å². The Morgan fingerprint density at radius 2 is 1.64 bits per heavy atom. The molecule has 3 rings (SSSR count). The summed E-state index contributed by atoms with van der Waals surface area (Å²) < 4.78 is 39.0. The molecular formula is C22H28N6O4S. The zero-order valence-corrected chi connectivity index (χ0v) is 19.6. The van der Waals surface area contributed by atoms with Gasteiger partial charge in [0, 0.05) is 25.4 Å². The molecule has 0 aliphatic rings. The van der Waals surface area contributed by atoms with Gasteiger partial charge >= 0.3 is 0 Å². The zero-order valence-electron chi connectivity index (χ0n) is 18.8. The largest absolute Gasteiger partial charge is 0.494 e. The van der Waals surface area contributed by atoms with Crippen LogP contribution >= 0.6 is 0 Å². The van der Waals surface area contributed by atoms with E-state index in [-0.39, 0.29) is 17.2 Å². The minimum atomic E-state index is -3.77. The lowest BCUT2D eigenvalue weighted by Crippen LogP contribution is -2.29. The predicted octanol–water partition coefficient (Wildman–Crippen LogP) is 3.11. The first-order valence-corrected chi connectivity index (χ1v) is 12.1. The number of hydrogen-bond acceptors (Lipinski definition) is 9. The molecule has 11 heteroatoms. The number of sulfonamides is 1. The van der Waals surface area contributed by atoms with Crippen LogP contribution in [-0.4, -0.2) is 49.9 Å². The van der Waals surface area contributed by atoms with Crippen LogP contribution in [0.15, 0.2) is 53.6 Å². The molecule has 0 fully saturated rings. The Kier molecular flexibility index (Phi) is 8.39. The molecular weight excluding hydrogens is 444 g/mol. The highest BCUT2D eigenvalue weighted by molar-refractivity contribution is 7.89. The third-order valence-corrected chi connectivity index (χ3v) is 5.88. The number of aryl methyl sites for hydroxylation is 1. The topological polar surface area (TPSA) is 127 Å². The van der Waals surface area contributed by atoms with E-state index < -0.39 is 10.0 Å². The maximum atomic E-state index is 12.7. The number of rotatable bonds is 12. The Bertz CT molecular complexity index is 1160. The number of hydrogen-bond donors (Lipinski definition) is 3. The standard InChI is InChI=1S/C22H28N6O4S/c1-4-31-17-6-7-19(18(15-17)32-5-2)33(29,30)25-13-12-24-20-8-9-21(28-27-20)26-22-14-16(3)10-11-23-22/h6-11,14-15,25H,4-5,12-13H2,1-3H3,(H,24,27)(H,23,26,28). The summed E-state index contributed by atoms with van der Waals surface area (Å²) in [7, 11) is -3.77. The first-order chi connectivity index (χ1) is 15.9. The molecule has 0 amide bonds. The minimum absolute atomic E-state index is 0.0628. The monoisotopic (exact) mass is 472 g/mol. The molecule has 0 aliphatic heterocycles. The lowest BCUT2D eigenvalue weighted by molar-refractivity contribution is 0.317. The number of anilines is 3. The molecule has 0 aliphatic carbocycles. The van der Waals surface area contributed by atoms with E-state index in [1.54, 1.807) is 37.4 Å². The third-order valence-electron chi connectivity index (χ3n) is 4.37. The SMILES string of the molecule is CCOc1ccc(S(=O)(=O)NCCNc2ccc(Nc3cc(C)ccn3)nn2)c(OCC)c1. The maximum Gasteiger partial charge on any atom is 0.244 e. The fourth-order valence-corrected chi connectivity index (χ4v) is 4.07. The quantitative estimate of drug-likeness (QED) is 0.341. The van der Waals surface area contributed by atoms with E-state index in [4.69, 9.17) is 9.47 Å². The van der Waals surface area contributed by atoms with Gasteiger partial charge in [0.2, 0.25) is 10.0 Å². The Morgan fingerprint density at radius 1 is 0.879 bits per heavy atom. The van der Waals surface area contributed by atoms with Crippen molar-refractivity contribution in [3.8, 4) is 11.5 Å². The number of ether oxygens (including phenoxy) is 2. The van der Waals surface area contributed by atoms with Crippen LogP contribution in [0.4, 0.5) is 17.5 Å². The van der Waals surface area contributed by atoms with Crippen LogP contribution < -0.4 is 24.8 Å². The first kappa shape index (κ1) is 24.2. The van der Waals surface area contributed by atoms with Gasteiger partial charge in [0.1, 0.15) is 28.0 Å². The molecule has 10 nitrogen and oxygen atoms in total. The number of benzene rings is 1. The van der Waals surface area contributed by atoms with Crippen LogP contribution in [0.5, 0.6) is 11.5 Å². The molecule has 2 aromatic heterocycles. The van der Waals surface area contributed by atoms with Gasteiger partial charge in [-0.2, -0.15) is 0 Å². The van der Waals surface area contributed by atoms with Gasteiger partial charge in [-0.15, -0.1) is 10.2 Å². The maximum absolute atomic E-state index is 12.7. The Labute approximate surface area is 193 Å². The summed E-state index contributed by atoms with van der Waals surface area (Å²) in [5, 5.41) is 14.3. The van der Waals surface area contributed by atoms with Crippen molar-refractivity contribution >= 4 is 27.5 Å². The fraction of sp³-hybridized carbons (Fsp3) is 0.318. The second-order valence-electron chi connectivity index (χ2n) is 6.95. The molecule has 0 spiro atoms. The Balaban J connectivity index is 1.53. The molecule has 0 radical (unpaired) electrons. The van der Waals surface area contributed by atoms with Gasteiger partial charge < -0.3 is 20.1 Å². The normalized spacial score (nSPS) is 11.1. The van der Waals surface area contributed by atoms with Crippen molar-refractivity contribution in [2.45, 2.75) is 25.7 Å². The van der Waals surface area contributed by atoms with E-state index >= 15 is 0 Å². The summed E-state index contributed by atoms with van der Waals surface area (Å²) in [4.78, 5) is 4.28. The van der Waals surface area contributed by atoms with Crippen molar-refractivity contribution in [3.63, 3.8) is 0 Å². The van der Waals surface area contributed by atoms with Crippen molar-refractivity contribution < 1.29 is 17.9 Å². The van der Waals surface area contributed by atoms with Crippen molar-refractivity contribution in [1.82, 2.24) is 19.9 Å². The van der Waals surface area contributed by atoms with Gasteiger partial charge in [-0.25, -0.2) is 18.1 Å². The van der Waals surface area contributed by atoms with E-state index in [0.717, 1.165) is 5.56 Å². The summed E-state index contributed by atoms with van der Waals surface area (Å²) >= 11 is 0. The van der Waals surface area contributed by atoms with Crippen LogP contribution in [0.1, 0.15) is 19.4 Å². The molecule has 0 saturated heterocycles. The van der Waals surface area contributed by atoms with Crippen LogP contribution in [0.3, 0.4) is 0 Å². The molecule has 3 N–H and O–H groups in total. The van der Waals surface area contributed by atoms with Gasteiger partial charge in [-0.3, -0.25) is 0 Å². The van der Waals surface area contributed by atoms with E-state index in [9.17, 15) is 8.42 Å². The summed E-state index contributed by atoms with van der Waals surface area (Å²) in [6.07, 6.45) is 1.72. The summed E-state index contributed by atoms with van der Waals surface area (Å²) in [5.74, 6) is 2.56. The highest BCUT2D eigenvalue weighted by Gasteiger charge is 2.20. The summed E-state index contributed by atoms with van der Waals surface area (Å²) in [5.41, 5.74) is 1.08. The lowest BCUT2D eigenvalue weighted by Gasteiger charge is -2.14. The zero-order chi connectivity index (χ0) is 23.7. The van der Waals surface area contributed by atoms with Gasteiger partial charge in [-0.1, -0.05) is 0 Å². The molecule has 2 heterocycles. The third kappa shape index (κ3) is 7.02. The fourth-order valence-electron chi connectivity index (χ4n) is 2.92. The highest BCUT2D eigenvalue weighted by Crippen LogP contribution is 2.28. The van der Waals surface area contributed by atoms with E-state index in [1.807, 2.05) is 26.0 Å². The molecule has 0 saturated carbocycles. The summed E-state index contributed by atoms with van der Waals surface area (Å²) in [6, 6.07) is 12.0. The molecule has 0 unspecified atom stereocenters. The van der Waals surface area contributed by atoms with E-state index in [0.29, 0.717) is 43.0 Å². The molecule has 1 aromatic carbocycles. The number of nitrogens with one attached hydrogen (secondary N) is 3. The highest BCUT2D eigenvalue weighted by atomic mass is 32.2. The van der Waals surface area contributed by atoms with Gasteiger partial charge in [-0.05, 0) is 62.7 Å². The molecule has 33 heavy (non-hydrogen) atoms. The predicted molar refractivity (Wildman–Crippen MR) is 127 cm³/mol. The van der Waals surface area contributed by atoms with Gasteiger partial charge in [0.15, 0.2) is 5.82 Å². The average Bonchev–Trinajstić information content (AvgIpc) is 2.78. The molecule has 3 aromatic rings. The Morgan fingerprint density at radius 3 is 2.33 bits per heavy atom. The van der Waals surface area contributed by atoms with E-state index in [1.165, 1.54) is 6.07 Å². The lowest BCUT2D eigenvalue weighted by atomic mass is 10.3. The second kappa shape index (κ2) is 11.4. The number of pyridine rings is 1. The number of nitrogens with zero attached hydrogens (tertiary/aromatic N) is 3. The minimum Gasteiger partial charge on any atom is -0.494 e. The van der Waals surface area contributed by atoms with Crippen LogP contribution in [-0.2, 0) is 10.0 Å². The number of aromatic nitrogens is 3. The van der Waals surface area contributed by atoms with Crippen LogP contribution in [0, 0.1) is 6.92 Å². The second-order valence-corrected chi connectivity index (χ2v) is 8.68. The van der Waals surface area contributed by atoms with Crippen LogP contribution in [0.2, 0.25) is 0 Å². The molecule has 0 atom stereocenters. The average molecular weight is 473 g/mol. The van der Waals surface area contributed by atoms with E-state index in [2.05, 4.69) is 30.5 Å². The van der Waals surface area contributed by atoms with Gasteiger partial charge in [0.05, 0.1) is 13.2 Å². The van der Waals surface area contributed by atoms with Crippen LogP contribution in [0.25, 0.3) is 0 Å². The first-order valence-electron chi connectivity index (χ1n) is 10.6.